The zero-order chi connectivity index (χ0) is 16.9. The van der Waals surface area contributed by atoms with Crippen LogP contribution in [0.1, 0.15) is 11.1 Å². The number of aryl methyl sites for hydroxylation is 1. The molecule has 2 aromatic carbocycles. The predicted octanol–water partition coefficient (Wildman–Crippen LogP) is 4.70. The highest BCUT2D eigenvalue weighted by Crippen LogP contribution is 2.13. The molecule has 0 saturated heterocycles. The van der Waals surface area contributed by atoms with Crippen molar-refractivity contribution in [1.29, 1.82) is 0 Å². The largest absolute Gasteiger partial charge is 0.332 e. The SMILES string of the molecule is Cc1cccc(NC(=S)Nc2ccn(Cc3cccc(Cl)c3)n2)c1. The maximum Gasteiger partial charge on any atom is 0.176 e. The molecule has 3 aromatic rings. The highest BCUT2D eigenvalue weighted by atomic mass is 35.5. The minimum Gasteiger partial charge on any atom is -0.332 e. The summed E-state index contributed by atoms with van der Waals surface area (Å²) in [4.78, 5) is 0. The van der Waals surface area contributed by atoms with Crippen LogP contribution >= 0.6 is 23.8 Å². The summed E-state index contributed by atoms with van der Waals surface area (Å²) < 4.78 is 1.84. The van der Waals surface area contributed by atoms with Gasteiger partial charge in [0.05, 0.1) is 6.54 Å². The van der Waals surface area contributed by atoms with Crippen LogP contribution in [0.25, 0.3) is 0 Å². The zero-order valence-electron chi connectivity index (χ0n) is 13.2. The van der Waals surface area contributed by atoms with E-state index in [0.29, 0.717) is 17.5 Å². The lowest BCUT2D eigenvalue weighted by Gasteiger charge is -2.09. The molecular weight excluding hydrogens is 340 g/mol. The van der Waals surface area contributed by atoms with E-state index in [1.165, 1.54) is 5.56 Å². The van der Waals surface area contributed by atoms with Crippen molar-refractivity contribution < 1.29 is 0 Å². The molecule has 24 heavy (non-hydrogen) atoms. The van der Waals surface area contributed by atoms with Gasteiger partial charge in [0.2, 0.25) is 0 Å². The molecule has 0 spiro atoms. The summed E-state index contributed by atoms with van der Waals surface area (Å²) in [5, 5.41) is 11.9. The summed E-state index contributed by atoms with van der Waals surface area (Å²) in [5.74, 6) is 0.696. The molecule has 0 bridgehead atoms. The lowest BCUT2D eigenvalue weighted by atomic mass is 10.2. The van der Waals surface area contributed by atoms with Gasteiger partial charge >= 0.3 is 0 Å². The Bertz CT molecular complexity index is 859. The minimum absolute atomic E-state index is 0.508. The van der Waals surface area contributed by atoms with Crippen molar-refractivity contribution in [3.05, 3.63) is 76.9 Å². The number of aromatic nitrogens is 2. The first-order chi connectivity index (χ1) is 11.6. The van der Waals surface area contributed by atoms with Crippen LogP contribution in [0, 0.1) is 6.92 Å². The monoisotopic (exact) mass is 356 g/mol. The molecule has 0 fully saturated rings. The van der Waals surface area contributed by atoms with Gasteiger partial charge in [-0.1, -0.05) is 35.9 Å². The van der Waals surface area contributed by atoms with Crippen LogP contribution in [0.4, 0.5) is 11.5 Å². The highest BCUT2D eigenvalue weighted by molar-refractivity contribution is 7.80. The lowest BCUT2D eigenvalue weighted by Crippen LogP contribution is -2.19. The molecule has 3 rings (SSSR count). The molecule has 6 heteroatoms. The lowest BCUT2D eigenvalue weighted by molar-refractivity contribution is 0.690. The zero-order valence-corrected chi connectivity index (χ0v) is 14.7. The number of nitrogens with one attached hydrogen (secondary N) is 2. The molecule has 0 aliphatic carbocycles. The van der Waals surface area contributed by atoms with E-state index in [-0.39, 0.29) is 0 Å². The molecule has 0 radical (unpaired) electrons. The van der Waals surface area contributed by atoms with E-state index in [9.17, 15) is 0 Å². The molecule has 0 aliphatic rings. The van der Waals surface area contributed by atoms with Crippen molar-refractivity contribution in [2.24, 2.45) is 0 Å². The minimum atomic E-state index is 0.508. The fourth-order valence-corrected chi connectivity index (χ4v) is 2.78. The Hall–Kier alpha value is -2.37. The number of thiocarbonyl (C=S) groups is 1. The summed E-state index contributed by atoms with van der Waals surface area (Å²) in [6.07, 6.45) is 1.90. The van der Waals surface area contributed by atoms with Crippen molar-refractivity contribution in [2.45, 2.75) is 13.5 Å². The maximum atomic E-state index is 6.01. The molecule has 1 heterocycles. The van der Waals surface area contributed by atoms with Crippen molar-refractivity contribution in [3.63, 3.8) is 0 Å². The van der Waals surface area contributed by atoms with Gasteiger partial charge in [0.25, 0.3) is 0 Å². The fourth-order valence-electron chi connectivity index (χ4n) is 2.34. The van der Waals surface area contributed by atoms with E-state index in [1.807, 2.05) is 72.4 Å². The van der Waals surface area contributed by atoms with E-state index < -0.39 is 0 Å². The number of hydrogen-bond acceptors (Lipinski definition) is 2. The third-order valence-corrected chi connectivity index (χ3v) is 3.83. The average molecular weight is 357 g/mol. The van der Waals surface area contributed by atoms with E-state index in [2.05, 4.69) is 15.7 Å². The van der Waals surface area contributed by atoms with Gasteiger partial charge in [-0.15, -0.1) is 0 Å². The molecule has 1 aromatic heterocycles. The Morgan fingerprint density at radius 1 is 1.12 bits per heavy atom. The Morgan fingerprint density at radius 3 is 2.75 bits per heavy atom. The molecule has 0 aliphatic heterocycles. The van der Waals surface area contributed by atoms with Crippen LogP contribution in [-0.4, -0.2) is 14.9 Å². The molecule has 0 unspecified atom stereocenters. The van der Waals surface area contributed by atoms with Crippen LogP contribution in [0.3, 0.4) is 0 Å². The first-order valence-electron chi connectivity index (χ1n) is 7.51. The number of nitrogens with zero attached hydrogens (tertiary/aromatic N) is 2. The van der Waals surface area contributed by atoms with Gasteiger partial charge in [-0.2, -0.15) is 5.10 Å². The molecule has 0 saturated carbocycles. The number of hydrogen-bond donors (Lipinski definition) is 2. The van der Waals surface area contributed by atoms with Gasteiger partial charge in [-0.3, -0.25) is 4.68 Å². The van der Waals surface area contributed by atoms with Crippen LogP contribution in [-0.2, 0) is 6.54 Å². The van der Waals surface area contributed by atoms with Crippen LogP contribution < -0.4 is 10.6 Å². The molecule has 0 amide bonds. The van der Waals surface area contributed by atoms with Gasteiger partial charge in [0.1, 0.15) is 0 Å². The van der Waals surface area contributed by atoms with Gasteiger partial charge < -0.3 is 10.6 Å². The van der Waals surface area contributed by atoms with E-state index in [0.717, 1.165) is 16.3 Å². The Morgan fingerprint density at radius 2 is 1.96 bits per heavy atom. The maximum absolute atomic E-state index is 6.01. The van der Waals surface area contributed by atoms with Crippen LogP contribution in [0.15, 0.2) is 60.8 Å². The number of benzene rings is 2. The van der Waals surface area contributed by atoms with Gasteiger partial charge in [0, 0.05) is 23.0 Å². The van der Waals surface area contributed by atoms with Crippen molar-refractivity contribution in [1.82, 2.24) is 9.78 Å². The second kappa shape index (κ2) is 7.47. The fraction of sp³-hybridized carbons (Fsp3) is 0.111. The average Bonchev–Trinajstić information content (AvgIpc) is 2.94. The standard InChI is InChI=1S/C18H17ClN4S/c1-13-4-2-7-16(10-13)20-18(24)21-17-8-9-23(22-17)12-14-5-3-6-15(19)11-14/h2-11H,12H2,1H3,(H2,20,21,22,24). The second-order valence-corrected chi connectivity index (χ2v) is 6.32. The third-order valence-electron chi connectivity index (χ3n) is 3.39. The molecule has 2 N–H and O–H groups in total. The van der Waals surface area contributed by atoms with E-state index in [1.54, 1.807) is 0 Å². The van der Waals surface area contributed by atoms with Crippen molar-refractivity contribution in [2.75, 3.05) is 10.6 Å². The van der Waals surface area contributed by atoms with E-state index in [4.69, 9.17) is 23.8 Å². The van der Waals surface area contributed by atoms with Gasteiger partial charge in [-0.05, 0) is 54.5 Å². The predicted molar refractivity (Wildman–Crippen MR) is 104 cm³/mol. The topological polar surface area (TPSA) is 41.9 Å². The second-order valence-electron chi connectivity index (χ2n) is 5.48. The quantitative estimate of drug-likeness (QED) is 0.665. The molecule has 0 atom stereocenters. The highest BCUT2D eigenvalue weighted by Gasteiger charge is 2.03. The number of anilines is 2. The summed E-state index contributed by atoms with van der Waals surface area (Å²) in [6.45, 7) is 2.69. The molecular formula is C18H17ClN4S. The van der Waals surface area contributed by atoms with Crippen molar-refractivity contribution in [3.8, 4) is 0 Å². The Balaban J connectivity index is 1.60. The molecule has 122 valence electrons. The number of rotatable bonds is 4. The summed E-state index contributed by atoms with van der Waals surface area (Å²) in [6, 6.07) is 17.7. The van der Waals surface area contributed by atoms with Gasteiger partial charge in [0.15, 0.2) is 10.9 Å². The Kier molecular flexibility index (Phi) is 5.13. The van der Waals surface area contributed by atoms with Gasteiger partial charge in [-0.25, -0.2) is 0 Å². The van der Waals surface area contributed by atoms with Crippen molar-refractivity contribution >= 4 is 40.4 Å². The molecule has 4 nitrogen and oxygen atoms in total. The summed E-state index contributed by atoms with van der Waals surface area (Å²) in [7, 11) is 0. The summed E-state index contributed by atoms with van der Waals surface area (Å²) >= 11 is 11.3. The normalized spacial score (nSPS) is 10.4. The third kappa shape index (κ3) is 4.57. The smallest absolute Gasteiger partial charge is 0.176 e. The van der Waals surface area contributed by atoms with Crippen LogP contribution in [0.2, 0.25) is 5.02 Å². The van der Waals surface area contributed by atoms with Crippen LogP contribution in [0.5, 0.6) is 0 Å². The number of halogens is 1. The van der Waals surface area contributed by atoms with E-state index >= 15 is 0 Å². The first-order valence-corrected chi connectivity index (χ1v) is 8.30. The Labute approximate surface area is 151 Å². The first kappa shape index (κ1) is 16.5. The summed E-state index contributed by atoms with van der Waals surface area (Å²) in [5.41, 5.74) is 3.22.